The first-order chi connectivity index (χ1) is 2.00. The molecule has 0 fully saturated rings. The summed E-state index contributed by atoms with van der Waals surface area (Å²) in [4.78, 5) is 0. The zero-order chi connectivity index (χ0) is 4.50. The Labute approximate surface area is 44.6 Å². The standard InChI is InChI=1S/AsH3O4.H2S/c2-1(3,4)5;/h(H3,2,3,4,5);1H2. The Balaban J connectivity index is 0. The molecule has 0 radical (unpaired) electrons. The van der Waals surface area contributed by atoms with Gasteiger partial charge in [0.1, 0.15) is 0 Å². The van der Waals surface area contributed by atoms with Gasteiger partial charge in [0, 0.05) is 0 Å². The molecule has 0 aliphatic heterocycles. The van der Waals surface area contributed by atoms with E-state index in [1.54, 1.807) is 0 Å². The first-order valence-corrected chi connectivity index (χ1v) is 4.07. The van der Waals surface area contributed by atoms with Gasteiger partial charge in [0.15, 0.2) is 0 Å². The fourth-order valence-corrected chi connectivity index (χ4v) is 0. The van der Waals surface area contributed by atoms with E-state index in [9.17, 15) is 0 Å². The second-order valence-electron chi connectivity index (χ2n) is 0.513. The van der Waals surface area contributed by atoms with E-state index in [1.165, 1.54) is 0 Å². The summed E-state index contributed by atoms with van der Waals surface area (Å²) in [5, 5.41) is 0. The maximum absolute atomic E-state index is 8.94. The number of rotatable bonds is 0. The van der Waals surface area contributed by atoms with Crippen molar-refractivity contribution >= 4 is 28.0 Å². The van der Waals surface area contributed by atoms with Gasteiger partial charge in [-0.1, -0.05) is 0 Å². The van der Waals surface area contributed by atoms with E-state index in [0.717, 1.165) is 0 Å². The van der Waals surface area contributed by atoms with Crippen LogP contribution < -0.4 is 0 Å². The van der Waals surface area contributed by atoms with Crippen molar-refractivity contribution in [3.05, 3.63) is 0 Å². The maximum atomic E-state index is 8.94. The molecule has 0 aliphatic rings. The van der Waals surface area contributed by atoms with E-state index in [-0.39, 0.29) is 13.5 Å². The molecule has 0 unspecified atom stereocenters. The molecule has 0 aromatic heterocycles. The molecule has 0 atom stereocenters. The summed E-state index contributed by atoms with van der Waals surface area (Å²) in [6, 6.07) is 0. The van der Waals surface area contributed by atoms with Gasteiger partial charge in [-0.25, -0.2) is 0 Å². The van der Waals surface area contributed by atoms with E-state index in [1.807, 2.05) is 0 Å². The van der Waals surface area contributed by atoms with Crippen LogP contribution in [0.5, 0.6) is 0 Å². The second-order valence-corrected chi connectivity index (χ2v) is 2.67. The van der Waals surface area contributed by atoms with E-state index in [4.69, 9.17) is 16.0 Å². The van der Waals surface area contributed by atoms with Crippen molar-refractivity contribution in [3.8, 4) is 0 Å². The predicted molar refractivity (Wildman–Crippen MR) is 23.5 cm³/mol. The van der Waals surface area contributed by atoms with Gasteiger partial charge in [0.25, 0.3) is 0 Å². The molecule has 0 spiro atoms. The van der Waals surface area contributed by atoms with Crippen LogP contribution in [0.4, 0.5) is 0 Å². The van der Waals surface area contributed by atoms with Gasteiger partial charge in [-0.05, 0) is 0 Å². The summed E-state index contributed by atoms with van der Waals surface area (Å²) in [7, 11) is 0. The van der Waals surface area contributed by atoms with Crippen molar-refractivity contribution < 1.29 is 16.0 Å². The summed E-state index contributed by atoms with van der Waals surface area (Å²) in [6.07, 6.45) is 0. The monoisotopic (exact) mass is 176 g/mol. The molecule has 0 saturated heterocycles. The number of hydrogen-bond acceptors (Lipinski definition) is 1. The molecule has 40 valence electrons. The molecule has 0 rings (SSSR count). The number of hydrogen-bond donors (Lipinski definition) is 3. The predicted octanol–water partition coefficient (Wildman–Crippen LogP) is -2.06. The zero-order valence-corrected chi connectivity index (χ0v) is 5.57. The van der Waals surface area contributed by atoms with Gasteiger partial charge < -0.3 is 0 Å². The third kappa shape index (κ3) is 171. The van der Waals surface area contributed by atoms with Crippen molar-refractivity contribution in [1.82, 2.24) is 0 Å². The van der Waals surface area contributed by atoms with Crippen LogP contribution in [0.3, 0.4) is 0 Å². The Bertz CT molecular complexity index is 53.7. The maximum Gasteiger partial charge on any atom is -0.197 e. The Hall–Kier alpha value is 0.588. The molecule has 6 heteroatoms. The molecule has 0 amide bonds. The first-order valence-electron chi connectivity index (χ1n) is 0.783. The SMILES string of the molecule is O=[As](O)(O)O.S. The molecule has 0 bridgehead atoms. The quantitative estimate of drug-likeness (QED) is 0.371. The Morgan fingerprint density at radius 2 is 1.17 bits per heavy atom. The second kappa shape index (κ2) is 2.71. The third-order valence-corrected chi connectivity index (χ3v) is 0. The van der Waals surface area contributed by atoms with Crippen LogP contribution in [0.2, 0.25) is 0 Å². The van der Waals surface area contributed by atoms with Crippen LogP contribution in [-0.4, -0.2) is 26.8 Å². The molecular weight excluding hydrogens is 171 g/mol. The van der Waals surface area contributed by atoms with Crippen LogP contribution in [0.15, 0.2) is 0 Å². The van der Waals surface area contributed by atoms with Gasteiger partial charge >= 0.3 is 30.5 Å². The molecule has 0 aromatic rings. The summed E-state index contributed by atoms with van der Waals surface area (Å²) in [5.74, 6) is 0. The summed E-state index contributed by atoms with van der Waals surface area (Å²) in [6.45, 7) is 0. The van der Waals surface area contributed by atoms with Crippen LogP contribution in [0.25, 0.3) is 0 Å². The molecule has 0 heterocycles. The molecule has 4 nitrogen and oxygen atoms in total. The van der Waals surface area contributed by atoms with Gasteiger partial charge in [0.2, 0.25) is 0 Å². The van der Waals surface area contributed by atoms with Gasteiger partial charge in [0.05, 0.1) is 0 Å². The molecule has 0 aliphatic carbocycles. The largest absolute Gasteiger partial charge is 0.197 e. The van der Waals surface area contributed by atoms with Crippen LogP contribution in [-0.2, 0) is 3.74 Å². The summed E-state index contributed by atoms with van der Waals surface area (Å²) < 4.78 is 30.7. The normalized spacial score (nSPS) is 9.83. The fraction of sp³-hybridized carbons (Fsp3) is 0. The average Bonchev–Trinajstić information content (AvgIpc) is 0.722. The van der Waals surface area contributed by atoms with Gasteiger partial charge in [-0.3, -0.25) is 0 Å². The minimum atomic E-state index is -5.12. The van der Waals surface area contributed by atoms with Crippen molar-refractivity contribution in [2.45, 2.75) is 0 Å². The van der Waals surface area contributed by atoms with E-state index in [0.29, 0.717) is 0 Å². The molecule has 0 aromatic carbocycles. The molecule has 6 heavy (non-hydrogen) atoms. The molecular formula is H5AsO4S. The van der Waals surface area contributed by atoms with Crippen LogP contribution in [0, 0.1) is 0 Å². The van der Waals surface area contributed by atoms with Crippen molar-refractivity contribution in [1.29, 1.82) is 0 Å². The van der Waals surface area contributed by atoms with Gasteiger partial charge in [-0.2, -0.15) is 13.5 Å². The van der Waals surface area contributed by atoms with Crippen molar-refractivity contribution in [2.24, 2.45) is 0 Å². The van der Waals surface area contributed by atoms with Gasteiger partial charge in [-0.15, -0.1) is 0 Å². The summed E-state index contributed by atoms with van der Waals surface area (Å²) in [5.41, 5.74) is 0. The average molecular weight is 176 g/mol. The first kappa shape index (κ1) is 9.77. The van der Waals surface area contributed by atoms with E-state index >= 15 is 0 Å². The minimum Gasteiger partial charge on any atom is -0.197 e. The van der Waals surface area contributed by atoms with Crippen LogP contribution in [0.1, 0.15) is 0 Å². The third-order valence-electron chi connectivity index (χ3n) is 0. The fourth-order valence-electron chi connectivity index (χ4n) is 0. The van der Waals surface area contributed by atoms with Crippen molar-refractivity contribution in [2.75, 3.05) is 0 Å². The Morgan fingerprint density at radius 1 is 1.17 bits per heavy atom. The molecule has 3 N–H and O–H groups in total. The topological polar surface area (TPSA) is 77.8 Å². The van der Waals surface area contributed by atoms with Crippen LogP contribution >= 0.6 is 13.5 Å². The summed E-state index contributed by atoms with van der Waals surface area (Å²) >= 11 is -5.12. The zero-order valence-electron chi connectivity index (χ0n) is 2.70. The Kier molecular flexibility index (Phi) is 4.42. The molecule has 0 saturated carbocycles. The minimum absolute atomic E-state index is 0. The Morgan fingerprint density at radius 3 is 1.17 bits per heavy atom. The van der Waals surface area contributed by atoms with Crippen molar-refractivity contribution in [3.63, 3.8) is 0 Å². The van der Waals surface area contributed by atoms with E-state index in [2.05, 4.69) is 0 Å². The smallest absolute Gasteiger partial charge is 0.197 e. The van der Waals surface area contributed by atoms with E-state index < -0.39 is 14.5 Å².